The molecule has 0 saturated heterocycles. The first-order chi connectivity index (χ1) is 9.28. The Morgan fingerprint density at radius 3 is 2.95 bits per heavy atom. The highest BCUT2D eigenvalue weighted by atomic mass is 19.1. The Hall–Kier alpha value is -2.03. The molecule has 1 N–H and O–H groups in total. The summed E-state index contributed by atoms with van der Waals surface area (Å²) < 4.78 is 18.9. The smallest absolute Gasteiger partial charge is 0.124 e. The third-order valence-corrected chi connectivity index (χ3v) is 3.42. The molecule has 0 bridgehead atoms. The molecular formula is C16H16FNO. The fraction of sp³-hybridized carbons (Fsp3) is 0.250. The number of fused-ring (bicyclic) bond motifs is 1. The number of hydrogen-bond acceptors (Lipinski definition) is 2. The second kappa shape index (κ2) is 4.92. The van der Waals surface area contributed by atoms with E-state index in [-0.39, 0.29) is 11.9 Å². The summed E-state index contributed by atoms with van der Waals surface area (Å²) in [4.78, 5) is 0. The molecule has 19 heavy (non-hydrogen) atoms. The van der Waals surface area contributed by atoms with Crippen molar-refractivity contribution in [1.29, 1.82) is 0 Å². The van der Waals surface area contributed by atoms with Crippen LogP contribution < -0.4 is 10.1 Å². The quantitative estimate of drug-likeness (QED) is 0.899. The van der Waals surface area contributed by atoms with Crippen molar-refractivity contribution >= 4 is 5.69 Å². The summed E-state index contributed by atoms with van der Waals surface area (Å²) in [6.07, 6.45) is 0.789. The minimum atomic E-state index is -0.181. The summed E-state index contributed by atoms with van der Waals surface area (Å²) in [6, 6.07) is 13.1. The van der Waals surface area contributed by atoms with Gasteiger partial charge in [-0.1, -0.05) is 18.2 Å². The van der Waals surface area contributed by atoms with E-state index in [1.807, 2.05) is 25.1 Å². The molecular weight excluding hydrogens is 241 g/mol. The highest BCUT2D eigenvalue weighted by molar-refractivity contribution is 5.59. The minimum absolute atomic E-state index is 0.152. The lowest BCUT2D eigenvalue weighted by atomic mass is 10.0. The normalized spacial score (nSPS) is 16.8. The van der Waals surface area contributed by atoms with Crippen molar-refractivity contribution < 1.29 is 9.13 Å². The molecule has 98 valence electrons. The zero-order chi connectivity index (χ0) is 13.2. The van der Waals surface area contributed by atoms with E-state index >= 15 is 0 Å². The van der Waals surface area contributed by atoms with Crippen molar-refractivity contribution in [2.24, 2.45) is 0 Å². The molecule has 0 radical (unpaired) electrons. The molecule has 2 nitrogen and oxygen atoms in total. The number of halogens is 1. The van der Waals surface area contributed by atoms with Crippen molar-refractivity contribution in [3.8, 4) is 5.75 Å². The topological polar surface area (TPSA) is 21.3 Å². The van der Waals surface area contributed by atoms with Gasteiger partial charge in [-0.3, -0.25) is 0 Å². The van der Waals surface area contributed by atoms with Gasteiger partial charge in [0, 0.05) is 11.3 Å². The molecule has 0 aromatic heterocycles. The molecule has 1 atom stereocenters. The molecule has 0 fully saturated rings. The highest BCUT2D eigenvalue weighted by Gasteiger charge is 2.24. The van der Waals surface area contributed by atoms with Gasteiger partial charge >= 0.3 is 0 Å². The molecule has 0 amide bonds. The van der Waals surface area contributed by atoms with Crippen molar-refractivity contribution in [2.45, 2.75) is 19.4 Å². The van der Waals surface area contributed by atoms with Gasteiger partial charge in [0.25, 0.3) is 0 Å². The molecule has 0 saturated carbocycles. The summed E-state index contributed by atoms with van der Waals surface area (Å²) in [6.45, 7) is 2.62. The van der Waals surface area contributed by atoms with Crippen LogP contribution in [0.2, 0.25) is 0 Å². The van der Waals surface area contributed by atoms with E-state index in [2.05, 4.69) is 11.4 Å². The van der Waals surface area contributed by atoms with Gasteiger partial charge in [0.1, 0.15) is 11.6 Å². The van der Waals surface area contributed by atoms with Crippen LogP contribution in [0.1, 0.15) is 24.1 Å². The van der Waals surface area contributed by atoms with E-state index in [1.165, 1.54) is 6.07 Å². The Balaban J connectivity index is 1.90. The van der Waals surface area contributed by atoms with Crippen LogP contribution in [0.4, 0.5) is 10.1 Å². The van der Waals surface area contributed by atoms with Gasteiger partial charge < -0.3 is 10.1 Å². The summed E-state index contributed by atoms with van der Waals surface area (Å²) in [5.74, 6) is 0.718. The SMILES string of the molecule is CCOc1ccccc1C1Cc2cc(F)ccc2N1. The van der Waals surface area contributed by atoms with E-state index in [4.69, 9.17) is 4.74 Å². The van der Waals surface area contributed by atoms with Crippen LogP contribution in [0, 0.1) is 5.82 Å². The Morgan fingerprint density at radius 1 is 1.26 bits per heavy atom. The Morgan fingerprint density at radius 2 is 2.11 bits per heavy atom. The van der Waals surface area contributed by atoms with E-state index in [0.717, 1.165) is 29.0 Å². The van der Waals surface area contributed by atoms with Crippen LogP contribution in [0.15, 0.2) is 42.5 Å². The van der Waals surface area contributed by atoms with Crippen LogP contribution in [-0.2, 0) is 6.42 Å². The van der Waals surface area contributed by atoms with Crippen LogP contribution in [0.5, 0.6) is 5.75 Å². The van der Waals surface area contributed by atoms with E-state index in [0.29, 0.717) is 6.61 Å². The van der Waals surface area contributed by atoms with E-state index in [9.17, 15) is 4.39 Å². The van der Waals surface area contributed by atoms with Gasteiger partial charge in [-0.25, -0.2) is 4.39 Å². The lowest BCUT2D eigenvalue weighted by Gasteiger charge is -2.16. The average molecular weight is 257 g/mol. The van der Waals surface area contributed by atoms with Gasteiger partial charge in [0.15, 0.2) is 0 Å². The Kier molecular flexibility index (Phi) is 3.11. The van der Waals surface area contributed by atoms with Crippen molar-refractivity contribution in [3.63, 3.8) is 0 Å². The number of benzene rings is 2. The van der Waals surface area contributed by atoms with Crippen LogP contribution in [0.25, 0.3) is 0 Å². The summed E-state index contributed by atoms with van der Waals surface area (Å²) in [7, 11) is 0. The van der Waals surface area contributed by atoms with Crippen LogP contribution in [0.3, 0.4) is 0 Å². The lowest BCUT2D eigenvalue weighted by molar-refractivity contribution is 0.335. The number of rotatable bonds is 3. The van der Waals surface area contributed by atoms with Crippen LogP contribution >= 0.6 is 0 Å². The maximum absolute atomic E-state index is 13.2. The lowest BCUT2D eigenvalue weighted by Crippen LogP contribution is -2.08. The number of ether oxygens (including phenoxy) is 1. The first kappa shape index (κ1) is 12.0. The number of para-hydroxylation sites is 1. The zero-order valence-corrected chi connectivity index (χ0v) is 10.8. The fourth-order valence-electron chi connectivity index (χ4n) is 2.57. The molecule has 2 aromatic rings. The summed E-state index contributed by atoms with van der Waals surface area (Å²) in [5.41, 5.74) is 3.16. The maximum Gasteiger partial charge on any atom is 0.124 e. The first-order valence-electron chi connectivity index (χ1n) is 6.54. The Labute approximate surface area is 112 Å². The molecule has 2 aromatic carbocycles. The third-order valence-electron chi connectivity index (χ3n) is 3.42. The van der Waals surface area contributed by atoms with Crippen molar-refractivity contribution in [1.82, 2.24) is 0 Å². The highest BCUT2D eigenvalue weighted by Crippen LogP contribution is 2.37. The summed E-state index contributed by atoms with van der Waals surface area (Å²) in [5, 5.41) is 3.43. The van der Waals surface area contributed by atoms with Gasteiger partial charge in [-0.2, -0.15) is 0 Å². The molecule has 0 aliphatic carbocycles. The third kappa shape index (κ3) is 2.28. The Bertz CT molecular complexity index is 597. The molecule has 0 spiro atoms. The van der Waals surface area contributed by atoms with Gasteiger partial charge in [-0.15, -0.1) is 0 Å². The van der Waals surface area contributed by atoms with Gasteiger partial charge in [0.05, 0.1) is 12.6 Å². The number of anilines is 1. The van der Waals surface area contributed by atoms with Gasteiger partial charge in [0.2, 0.25) is 0 Å². The molecule has 1 aliphatic heterocycles. The minimum Gasteiger partial charge on any atom is -0.494 e. The van der Waals surface area contributed by atoms with Crippen molar-refractivity contribution in [2.75, 3.05) is 11.9 Å². The van der Waals surface area contributed by atoms with E-state index in [1.54, 1.807) is 12.1 Å². The second-order valence-electron chi connectivity index (χ2n) is 4.67. The molecule has 1 unspecified atom stereocenters. The maximum atomic E-state index is 13.2. The fourth-order valence-corrected chi connectivity index (χ4v) is 2.57. The monoisotopic (exact) mass is 257 g/mol. The first-order valence-corrected chi connectivity index (χ1v) is 6.54. The largest absolute Gasteiger partial charge is 0.494 e. The predicted octanol–water partition coefficient (Wildman–Crippen LogP) is 3.93. The summed E-state index contributed by atoms with van der Waals surface area (Å²) >= 11 is 0. The molecule has 3 rings (SSSR count). The zero-order valence-electron chi connectivity index (χ0n) is 10.8. The molecule has 1 aliphatic rings. The number of nitrogens with one attached hydrogen (secondary N) is 1. The molecule has 3 heteroatoms. The van der Waals surface area contributed by atoms with Crippen molar-refractivity contribution in [3.05, 3.63) is 59.4 Å². The van der Waals surface area contributed by atoms with Crippen LogP contribution in [-0.4, -0.2) is 6.61 Å². The average Bonchev–Trinajstić information content (AvgIpc) is 2.82. The number of hydrogen-bond donors (Lipinski definition) is 1. The molecule has 1 heterocycles. The van der Waals surface area contributed by atoms with E-state index < -0.39 is 0 Å². The standard InChI is InChI=1S/C16H16FNO/c1-2-19-16-6-4-3-5-13(16)15-10-11-9-12(17)7-8-14(11)18-15/h3-9,15,18H,2,10H2,1H3. The predicted molar refractivity (Wildman–Crippen MR) is 74.1 cm³/mol. The van der Waals surface area contributed by atoms with Gasteiger partial charge in [-0.05, 0) is 43.2 Å². The second-order valence-corrected chi connectivity index (χ2v) is 4.67.